The number of carbonyl (C=O) groups excluding carboxylic acids is 3. The fourth-order valence-electron chi connectivity index (χ4n) is 3.27. The second kappa shape index (κ2) is 8.89. The van der Waals surface area contributed by atoms with E-state index in [0.717, 1.165) is 23.2 Å². The fourth-order valence-corrected chi connectivity index (χ4v) is 3.27. The maximum atomic E-state index is 13.0. The van der Waals surface area contributed by atoms with Gasteiger partial charge in [-0.1, -0.05) is 18.2 Å². The average molecular weight is 470 g/mol. The molecule has 1 aliphatic rings. The molecule has 0 radical (unpaired) electrons. The molecule has 7 nitrogen and oxygen atoms in total. The topological polar surface area (TPSA) is 88.9 Å². The Morgan fingerprint density at radius 1 is 1.09 bits per heavy atom. The van der Waals surface area contributed by atoms with Gasteiger partial charge < -0.3 is 9.15 Å². The normalized spacial score (nSPS) is 15.1. The van der Waals surface area contributed by atoms with Crippen molar-refractivity contribution in [2.24, 2.45) is 0 Å². The molecule has 0 atom stereocenters. The van der Waals surface area contributed by atoms with Crippen LogP contribution in [-0.2, 0) is 20.5 Å². The van der Waals surface area contributed by atoms with Crippen LogP contribution in [0.2, 0.25) is 0 Å². The number of hydrazine groups is 1. The predicted octanol–water partition coefficient (Wildman–Crippen LogP) is 4.60. The Labute approximate surface area is 191 Å². The predicted molar refractivity (Wildman–Crippen MR) is 115 cm³/mol. The maximum absolute atomic E-state index is 13.0. The number of alkyl halides is 3. The highest BCUT2D eigenvalue weighted by Crippen LogP contribution is 2.32. The van der Waals surface area contributed by atoms with Crippen LogP contribution in [0, 0.1) is 0 Å². The van der Waals surface area contributed by atoms with Crippen LogP contribution in [0.4, 0.5) is 18.9 Å². The van der Waals surface area contributed by atoms with Crippen molar-refractivity contribution in [1.82, 2.24) is 5.43 Å². The van der Waals surface area contributed by atoms with E-state index in [1.54, 1.807) is 37.3 Å². The molecule has 10 heteroatoms. The monoisotopic (exact) mass is 470 g/mol. The third-order valence-electron chi connectivity index (χ3n) is 4.92. The van der Waals surface area contributed by atoms with E-state index in [-0.39, 0.29) is 23.6 Å². The number of anilines is 1. The number of nitrogens with zero attached hydrogens (tertiary/aromatic N) is 1. The van der Waals surface area contributed by atoms with Gasteiger partial charge in [0.25, 0.3) is 11.8 Å². The van der Waals surface area contributed by atoms with Gasteiger partial charge >= 0.3 is 12.1 Å². The lowest BCUT2D eigenvalue weighted by atomic mass is 10.1. The molecule has 2 heterocycles. The third kappa shape index (κ3) is 4.56. The molecule has 0 unspecified atom stereocenters. The summed E-state index contributed by atoms with van der Waals surface area (Å²) in [6.07, 6.45) is -3.39. The molecule has 3 aromatic rings. The molecule has 2 amide bonds. The minimum Gasteiger partial charge on any atom is -0.462 e. The Morgan fingerprint density at radius 3 is 2.50 bits per heavy atom. The lowest BCUT2D eigenvalue weighted by Gasteiger charge is -2.16. The van der Waals surface area contributed by atoms with Crippen molar-refractivity contribution in [3.05, 3.63) is 83.1 Å². The first-order valence-electron chi connectivity index (χ1n) is 10.1. The largest absolute Gasteiger partial charge is 0.462 e. The molecule has 34 heavy (non-hydrogen) atoms. The van der Waals surface area contributed by atoms with Gasteiger partial charge in [0.05, 0.1) is 23.4 Å². The number of hydrogen-bond acceptors (Lipinski definition) is 5. The molecule has 1 fully saturated rings. The van der Waals surface area contributed by atoms with Crippen molar-refractivity contribution >= 4 is 29.5 Å². The van der Waals surface area contributed by atoms with Gasteiger partial charge in [0.2, 0.25) is 0 Å². The Morgan fingerprint density at radius 2 is 1.82 bits per heavy atom. The Bertz CT molecular complexity index is 1290. The van der Waals surface area contributed by atoms with Crippen LogP contribution in [0.15, 0.2) is 70.7 Å². The van der Waals surface area contributed by atoms with Crippen LogP contribution >= 0.6 is 0 Å². The van der Waals surface area contributed by atoms with E-state index >= 15 is 0 Å². The zero-order valence-electron chi connectivity index (χ0n) is 17.7. The SMILES string of the molecule is CCOC(=O)c1ccc(-c2ccc(/C=C3\C(=O)NN(c4cccc(C(F)(F)F)c4)C3=O)o2)cc1. The minimum absolute atomic E-state index is 0.126. The number of carbonyl (C=O) groups is 3. The first-order chi connectivity index (χ1) is 16.2. The Hall–Kier alpha value is -4.34. The summed E-state index contributed by atoms with van der Waals surface area (Å²) in [6.45, 7) is 1.97. The molecular formula is C24H17F3N2O5. The molecule has 1 saturated heterocycles. The summed E-state index contributed by atoms with van der Waals surface area (Å²) in [5.74, 6) is -1.44. The first kappa shape index (κ1) is 22.8. The number of benzene rings is 2. The zero-order chi connectivity index (χ0) is 24.5. The van der Waals surface area contributed by atoms with E-state index in [9.17, 15) is 27.6 Å². The number of hydrogen-bond donors (Lipinski definition) is 1. The fraction of sp³-hybridized carbons (Fsp3) is 0.125. The quantitative estimate of drug-likeness (QED) is 0.334. The summed E-state index contributed by atoms with van der Waals surface area (Å²) in [6, 6.07) is 13.7. The number of halogens is 3. The molecule has 174 valence electrons. The molecule has 0 saturated carbocycles. The van der Waals surface area contributed by atoms with Gasteiger partial charge in [0.1, 0.15) is 17.1 Å². The first-order valence-corrected chi connectivity index (χ1v) is 10.1. The number of rotatable bonds is 5. The van der Waals surface area contributed by atoms with Gasteiger partial charge in [-0.2, -0.15) is 13.2 Å². The third-order valence-corrected chi connectivity index (χ3v) is 4.92. The summed E-state index contributed by atoms with van der Waals surface area (Å²) >= 11 is 0. The van der Waals surface area contributed by atoms with Gasteiger partial charge in [0, 0.05) is 5.56 Å². The van der Waals surface area contributed by atoms with E-state index in [4.69, 9.17) is 9.15 Å². The molecule has 4 rings (SSSR count). The van der Waals surface area contributed by atoms with Crippen LogP contribution in [0.5, 0.6) is 0 Å². The van der Waals surface area contributed by atoms with Gasteiger partial charge in [-0.3, -0.25) is 15.0 Å². The molecule has 0 spiro atoms. The number of esters is 1. The molecule has 1 N–H and O–H groups in total. The summed E-state index contributed by atoms with van der Waals surface area (Å²) < 4.78 is 49.6. The van der Waals surface area contributed by atoms with E-state index < -0.39 is 29.5 Å². The van der Waals surface area contributed by atoms with E-state index in [0.29, 0.717) is 16.9 Å². The Kier molecular flexibility index (Phi) is 5.97. The van der Waals surface area contributed by atoms with E-state index in [1.165, 1.54) is 18.2 Å². The summed E-state index contributed by atoms with van der Waals surface area (Å²) in [5.41, 5.74) is 1.91. The van der Waals surface area contributed by atoms with Crippen molar-refractivity contribution in [3.8, 4) is 11.3 Å². The zero-order valence-corrected chi connectivity index (χ0v) is 17.7. The van der Waals surface area contributed by atoms with Crippen molar-refractivity contribution in [3.63, 3.8) is 0 Å². The number of furan rings is 1. The van der Waals surface area contributed by atoms with Crippen molar-refractivity contribution in [1.29, 1.82) is 0 Å². The lowest BCUT2D eigenvalue weighted by Crippen LogP contribution is -2.35. The van der Waals surface area contributed by atoms with Gasteiger partial charge in [0.15, 0.2) is 0 Å². The van der Waals surface area contributed by atoms with E-state index in [1.807, 2.05) is 0 Å². The van der Waals surface area contributed by atoms with Crippen LogP contribution in [-0.4, -0.2) is 24.4 Å². The molecular weight excluding hydrogens is 453 g/mol. The number of amides is 2. The maximum Gasteiger partial charge on any atom is 0.416 e. The van der Waals surface area contributed by atoms with E-state index in [2.05, 4.69) is 5.43 Å². The minimum atomic E-state index is -4.60. The lowest BCUT2D eigenvalue weighted by molar-refractivity contribution is -0.137. The highest BCUT2D eigenvalue weighted by atomic mass is 19.4. The highest BCUT2D eigenvalue weighted by molar-refractivity contribution is 6.31. The molecule has 0 aliphatic carbocycles. The van der Waals surface area contributed by atoms with Crippen LogP contribution in [0.1, 0.15) is 28.6 Å². The molecule has 1 aliphatic heterocycles. The number of nitrogens with one attached hydrogen (secondary N) is 1. The molecule has 0 bridgehead atoms. The van der Waals surface area contributed by atoms with Crippen LogP contribution in [0.3, 0.4) is 0 Å². The smallest absolute Gasteiger partial charge is 0.416 e. The number of ether oxygens (including phenoxy) is 1. The van der Waals surface area contributed by atoms with Crippen molar-refractivity contribution in [2.45, 2.75) is 13.1 Å². The summed E-state index contributed by atoms with van der Waals surface area (Å²) in [4.78, 5) is 36.8. The summed E-state index contributed by atoms with van der Waals surface area (Å²) in [7, 11) is 0. The molecule has 1 aromatic heterocycles. The Balaban J connectivity index is 1.55. The van der Waals surface area contributed by atoms with Gasteiger partial charge in [-0.05, 0) is 55.5 Å². The highest BCUT2D eigenvalue weighted by Gasteiger charge is 2.36. The van der Waals surface area contributed by atoms with Crippen LogP contribution < -0.4 is 10.4 Å². The second-order valence-corrected chi connectivity index (χ2v) is 7.19. The second-order valence-electron chi connectivity index (χ2n) is 7.19. The summed E-state index contributed by atoms with van der Waals surface area (Å²) in [5, 5.41) is 0.751. The van der Waals surface area contributed by atoms with Crippen molar-refractivity contribution < 1.29 is 36.7 Å². The van der Waals surface area contributed by atoms with Crippen LogP contribution in [0.25, 0.3) is 17.4 Å². The van der Waals surface area contributed by atoms with Crippen molar-refractivity contribution in [2.75, 3.05) is 11.6 Å². The standard InChI is InChI=1S/C24H17F3N2O5/c1-2-33-23(32)15-8-6-14(7-9-15)20-11-10-18(34-20)13-19-21(30)28-29(22(19)31)17-5-3-4-16(12-17)24(25,26)27/h3-13H,2H2,1H3,(H,28,30)/b19-13+. The average Bonchev–Trinajstić information content (AvgIpc) is 3.39. The van der Waals surface area contributed by atoms with Gasteiger partial charge in [-0.15, -0.1) is 0 Å². The molecule has 2 aromatic carbocycles. The van der Waals surface area contributed by atoms with Gasteiger partial charge in [-0.25, -0.2) is 9.80 Å².